The molecule has 3 N–H and O–H groups in total. The first kappa shape index (κ1) is 14.6. The second-order valence-electron chi connectivity index (χ2n) is 2.54. The molecule has 0 spiro atoms. The van der Waals surface area contributed by atoms with Crippen molar-refractivity contribution in [1.29, 1.82) is 0 Å². The summed E-state index contributed by atoms with van der Waals surface area (Å²) in [7, 11) is -1.20. The maximum Gasteiger partial charge on any atom is 0.318 e. The Bertz CT molecular complexity index is 72.7. The van der Waals surface area contributed by atoms with Crippen LogP contribution in [0.25, 0.3) is 0 Å². The predicted octanol–water partition coefficient (Wildman–Crippen LogP) is 2.24. The van der Waals surface area contributed by atoms with Gasteiger partial charge in [-0.3, -0.25) is 0 Å². The third-order valence-corrected chi connectivity index (χ3v) is 2.76. The fraction of sp³-hybridized carbons (Fsp3) is 1.00. The molecular formula is C8H23NO2Si. The summed E-state index contributed by atoms with van der Waals surface area (Å²) < 4.78 is 10.4. The Morgan fingerprint density at radius 1 is 1.00 bits per heavy atom. The molecule has 0 bridgehead atoms. The molecule has 0 unspecified atom stereocenters. The molecule has 76 valence electrons. The maximum absolute atomic E-state index is 5.20. The van der Waals surface area contributed by atoms with Gasteiger partial charge in [0.15, 0.2) is 0 Å². The van der Waals surface area contributed by atoms with E-state index in [4.69, 9.17) is 8.85 Å². The highest BCUT2D eigenvalue weighted by Gasteiger charge is 1.99. The lowest BCUT2D eigenvalue weighted by molar-refractivity contribution is 0.219. The van der Waals surface area contributed by atoms with Gasteiger partial charge in [-0.25, -0.2) is 0 Å². The van der Waals surface area contributed by atoms with Gasteiger partial charge in [-0.1, -0.05) is 19.3 Å². The van der Waals surface area contributed by atoms with Gasteiger partial charge in [0.05, 0.1) is 0 Å². The van der Waals surface area contributed by atoms with E-state index >= 15 is 0 Å². The van der Waals surface area contributed by atoms with E-state index in [2.05, 4.69) is 0 Å². The Hall–Kier alpha value is 0.0969. The zero-order valence-electron chi connectivity index (χ0n) is 8.64. The molecule has 4 heteroatoms. The van der Waals surface area contributed by atoms with E-state index < -0.39 is 9.28 Å². The quantitative estimate of drug-likeness (QED) is 0.697. The van der Waals surface area contributed by atoms with Gasteiger partial charge < -0.3 is 15.0 Å². The molecule has 1 aliphatic carbocycles. The van der Waals surface area contributed by atoms with Crippen LogP contribution in [0.5, 0.6) is 0 Å². The highest BCUT2D eigenvalue weighted by molar-refractivity contribution is 6.42. The summed E-state index contributed by atoms with van der Waals surface area (Å²) in [6.45, 7) is 7.58. The van der Waals surface area contributed by atoms with Gasteiger partial charge in [0.1, 0.15) is 0 Å². The Kier molecular flexibility index (Phi) is 13.5. The van der Waals surface area contributed by atoms with Crippen LogP contribution in [0.4, 0.5) is 0 Å². The maximum atomic E-state index is 5.20. The smallest absolute Gasteiger partial charge is 0.318 e. The molecule has 12 heavy (non-hydrogen) atoms. The van der Waals surface area contributed by atoms with Gasteiger partial charge in [0.25, 0.3) is 0 Å². The molecule has 0 heterocycles. The molecule has 3 nitrogen and oxygen atoms in total. The summed E-state index contributed by atoms with van der Waals surface area (Å²) in [5, 5.41) is 0. The average Bonchev–Trinajstić information content (AvgIpc) is 2.72. The number of rotatable bonds is 4. The van der Waals surface area contributed by atoms with Gasteiger partial charge in [-0.15, -0.1) is 0 Å². The number of hydrogen-bond donors (Lipinski definition) is 1. The zero-order chi connectivity index (χ0) is 8.53. The van der Waals surface area contributed by atoms with Crippen LogP contribution in [0.2, 0.25) is 6.55 Å². The second kappa shape index (κ2) is 11.1. The molecule has 1 aliphatic rings. The normalized spacial score (nSPS) is 13.0. The van der Waals surface area contributed by atoms with Crippen molar-refractivity contribution < 1.29 is 8.85 Å². The van der Waals surface area contributed by atoms with Crippen molar-refractivity contribution in [2.45, 2.75) is 39.7 Å². The van der Waals surface area contributed by atoms with Gasteiger partial charge in [-0.05, 0) is 20.4 Å². The number of hydrogen-bond acceptors (Lipinski definition) is 3. The van der Waals surface area contributed by atoms with Crippen molar-refractivity contribution in [1.82, 2.24) is 6.15 Å². The SMILES string of the molecule is C1CC1.CCO[SiH](C)OCC.N. The predicted molar refractivity (Wildman–Crippen MR) is 55.1 cm³/mol. The lowest BCUT2D eigenvalue weighted by Gasteiger charge is -2.07. The summed E-state index contributed by atoms with van der Waals surface area (Å²) >= 11 is 0. The van der Waals surface area contributed by atoms with Crippen LogP contribution >= 0.6 is 0 Å². The van der Waals surface area contributed by atoms with Gasteiger partial charge in [-0.2, -0.15) is 0 Å². The third-order valence-electron chi connectivity index (χ3n) is 1.16. The van der Waals surface area contributed by atoms with Gasteiger partial charge >= 0.3 is 9.28 Å². The molecule has 1 fully saturated rings. The average molecular weight is 193 g/mol. The first-order chi connectivity index (χ1) is 5.31. The molecule has 1 saturated carbocycles. The summed E-state index contributed by atoms with van der Waals surface area (Å²) in [6, 6.07) is 0. The minimum absolute atomic E-state index is 0. The minimum Gasteiger partial charge on any atom is -0.397 e. The molecule has 0 radical (unpaired) electrons. The van der Waals surface area contributed by atoms with E-state index in [1.165, 1.54) is 19.3 Å². The fourth-order valence-corrected chi connectivity index (χ4v) is 1.55. The Morgan fingerprint density at radius 3 is 1.50 bits per heavy atom. The Balaban J connectivity index is 0. The standard InChI is InChI=1S/C5H14O2Si.C3H6.H3N/c1-4-6-8(3)7-5-2;1-2-3-1;/h8H,4-5H2,1-3H3;1-3H2;1H3. The lowest BCUT2D eigenvalue weighted by Crippen LogP contribution is -2.17. The van der Waals surface area contributed by atoms with Crippen LogP contribution in [0.3, 0.4) is 0 Å². The molecule has 0 atom stereocenters. The highest BCUT2D eigenvalue weighted by Crippen LogP contribution is 2.14. The van der Waals surface area contributed by atoms with Gasteiger partial charge in [0, 0.05) is 13.2 Å². The second-order valence-corrected chi connectivity index (χ2v) is 4.34. The van der Waals surface area contributed by atoms with E-state index in [-0.39, 0.29) is 6.15 Å². The van der Waals surface area contributed by atoms with Crippen molar-refractivity contribution in [2.24, 2.45) is 0 Å². The van der Waals surface area contributed by atoms with E-state index in [1.54, 1.807) is 0 Å². The Morgan fingerprint density at radius 2 is 1.33 bits per heavy atom. The molecule has 0 amide bonds. The molecule has 0 aromatic rings. The molecule has 0 aromatic heterocycles. The van der Waals surface area contributed by atoms with Crippen molar-refractivity contribution >= 4 is 9.28 Å². The Labute approximate surface area is 77.9 Å². The van der Waals surface area contributed by atoms with E-state index in [0.29, 0.717) is 0 Å². The molecule has 0 saturated heterocycles. The summed E-state index contributed by atoms with van der Waals surface area (Å²) in [6.07, 6.45) is 4.50. The zero-order valence-corrected chi connectivity index (χ0v) is 9.79. The van der Waals surface area contributed by atoms with Crippen LogP contribution in [0.15, 0.2) is 0 Å². The molecule has 0 aromatic carbocycles. The van der Waals surface area contributed by atoms with Gasteiger partial charge in [0.2, 0.25) is 0 Å². The monoisotopic (exact) mass is 193 g/mol. The summed E-state index contributed by atoms with van der Waals surface area (Å²) in [4.78, 5) is 0. The van der Waals surface area contributed by atoms with E-state index in [1.807, 2.05) is 20.4 Å². The summed E-state index contributed by atoms with van der Waals surface area (Å²) in [5.41, 5.74) is 0. The van der Waals surface area contributed by atoms with E-state index in [0.717, 1.165) is 13.2 Å². The summed E-state index contributed by atoms with van der Waals surface area (Å²) in [5.74, 6) is 0. The van der Waals surface area contributed by atoms with E-state index in [9.17, 15) is 0 Å². The van der Waals surface area contributed by atoms with Crippen LogP contribution < -0.4 is 6.15 Å². The first-order valence-corrected chi connectivity index (χ1v) is 6.64. The largest absolute Gasteiger partial charge is 0.397 e. The van der Waals surface area contributed by atoms with Crippen molar-refractivity contribution in [2.75, 3.05) is 13.2 Å². The molecule has 1 rings (SSSR count). The van der Waals surface area contributed by atoms with Crippen molar-refractivity contribution in [3.05, 3.63) is 0 Å². The molecular weight excluding hydrogens is 170 g/mol. The fourth-order valence-electron chi connectivity index (χ4n) is 0.518. The first-order valence-electron chi connectivity index (χ1n) is 4.54. The van der Waals surface area contributed by atoms with Crippen LogP contribution in [0.1, 0.15) is 33.1 Å². The topological polar surface area (TPSA) is 53.5 Å². The van der Waals surface area contributed by atoms with Crippen molar-refractivity contribution in [3.8, 4) is 0 Å². The highest BCUT2D eigenvalue weighted by atomic mass is 28.3. The minimum atomic E-state index is -1.20. The van der Waals surface area contributed by atoms with Crippen LogP contribution in [-0.4, -0.2) is 22.5 Å². The lowest BCUT2D eigenvalue weighted by atomic mass is 10.9. The van der Waals surface area contributed by atoms with Crippen molar-refractivity contribution in [3.63, 3.8) is 0 Å². The third kappa shape index (κ3) is 16.6. The van der Waals surface area contributed by atoms with Crippen LogP contribution in [0, 0.1) is 0 Å². The molecule has 0 aliphatic heterocycles. The van der Waals surface area contributed by atoms with Crippen LogP contribution in [-0.2, 0) is 8.85 Å².